The SMILES string of the molecule is CCCCCC/C=C\C/C=C\CCCCCCCC(=O)OCCCCCCCCCC/C=C\CCCCCCCCCC(=O)NC(CO)C(O)CCCCCCCCCCCCCCCC. The van der Waals surface area contributed by atoms with Gasteiger partial charge in [0.05, 0.1) is 25.4 Å². The number of allylic oxidation sites excluding steroid dienone is 6. The fraction of sp³-hybridized carbons (Fsp3) is 0.867. The molecule has 0 radical (unpaired) electrons. The van der Waals surface area contributed by atoms with Gasteiger partial charge in [0.15, 0.2) is 0 Å². The number of ether oxygens (including phenoxy) is 1. The van der Waals surface area contributed by atoms with Crippen LogP contribution in [-0.2, 0) is 14.3 Å². The maximum Gasteiger partial charge on any atom is 0.305 e. The summed E-state index contributed by atoms with van der Waals surface area (Å²) in [5.41, 5.74) is 0. The molecule has 0 fully saturated rings. The molecule has 66 heavy (non-hydrogen) atoms. The highest BCUT2D eigenvalue weighted by molar-refractivity contribution is 5.76. The molecule has 0 rings (SSSR count). The lowest BCUT2D eigenvalue weighted by atomic mass is 10.0. The Kier molecular flexibility index (Phi) is 54.1. The fourth-order valence-corrected chi connectivity index (χ4v) is 8.90. The summed E-state index contributed by atoms with van der Waals surface area (Å²) in [6, 6.07) is -0.549. The highest BCUT2D eigenvalue weighted by Crippen LogP contribution is 2.16. The predicted molar refractivity (Wildman–Crippen MR) is 287 cm³/mol. The first-order valence-electron chi connectivity index (χ1n) is 29.2. The van der Waals surface area contributed by atoms with Crippen LogP contribution in [0.5, 0.6) is 0 Å². The normalized spacial score (nSPS) is 12.8. The molecule has 2 atom stereocenters. The number of esters is 1. The van der Waals surface area contributed by atoms with Crippen LogP contribution < -0.4 is 5.32 Å². The van der Waals surface area contributed by atoms with Gasteiger partial charge in [0.2, 0.25) is 5.91 Å². The minimum atomic E-state index is -0.670. The molecule has 0 spiro atoms. The zero-order valence-electron chi connectivity index (χ0n) is 44.2. The number of hydrogen-bond acceptors (Lipinski definition) is 5. The smallest absolute Gasteiger partial charge is 0.305 e. The summed E-state index contributed by atoms with van der Waals surface area (Å²) < 4.78 is 5.47. The van der Waals surface area contributed by atoms with Crippen LogP contribution in [0.15, 0.2) is 36.5 Å². The number of nitrogens with one attached hydrogen (secondary N) is 1. The van der Waals surface area contributed by atoms with Crippen LogP contribution in [-0.4, -0.2) is 47.4 Å². The van der Waals surface area contributed by atoms with E-state index in [4.69, 9.17) is 4.74 Å². The Labute approximate surface area is 411 Å². The van der Waals surface area contributed by atoms with Crippen LogP contribution in [0.25, 0.3) is 0 Å². The van der Waals surface area contributed by atoms with Crippen molar-refractivity contribution in [1.82, 2.24) is 5.32 Å². The molecule has 0 aromatic heterocycles. The summed E-state index contributed by atoms with van der Waals surface area (Å²) in [5.74, 6) is -0.0541. The second kappa shape index (κ2) is 55.7. The van der Waals surface area contributed by atoms with E-state index in [0.29, 0.717) is 25.9 Å². The predicted octanol–water partition coefficient (Wildman–Crippen LogP) is 18.0. The Hall–Kier alpha value is -1.92. The summed E-state index contributed by atoms with van der Waals surface area (Å²) in [7, 11) is 0. The van der Waals surface area contributed by atoms with E-state index < -0.39 is 12.1 Å². The molecule has 0 saturated carbocycles. The molecule has 0 saturated heterocycles. The van der Waals surface area contributed by atoms with Crippen LogP contribution in [0.4, 0.5) is 0 Å². The van der Waals surface area contributed by atoms with Crippen LogP contribution >= 0.6 is 0 Å². The van der Waals surface area contributed by atoms with Gasteiger partial charge in [-0.3, -0.25) is 9.59 Å². The third kappa shape index (κ3) is 51.5. The minimum Gasteiger partial charge on any atom is -0.466 e. The number of aliphatic hydroxyl groups excluding tert-OH is 2. The van der Waals surface area contributed by atoms with Gasteiger partial charge in [-0.1, -0.05) is 249 Å². The Morgan fingerprint density at radius 3 is 1.18 bits per heavy atom. The molecule has 0 aromatic rings. The highest BCUT2D eigenvalue weighted by Gasteiger charge is 2.20. The molecule has 0 aliphatic heterocycles. The van der Waals surface area contributed by atoms with E-state index in [1.807, 2.05) is 0 Å². The van der Waals surface area contributed by atoms with E-state index in [1.165, 1.54) is 218 Å². The number of rotatable bonds is 54. The van der Waals surface area contributed by atoms with E-state index in [-0.39, 0.29) is 18.5 Å². The molecule has 0 heterocycles. The Balaban J connectivity index is 3.44. The van der Waals surface area contributed by atoms with Gasteiger partial charge in [-0.05, 0) is 83.5 Å². The van der Waals surface area contributed by atoms with E-state index in [1.54, 1.807) is 0 Å². The van der Waals surface area contributed by atoms with Crippen molar-refractivity contribution in [2.45, 2.75) is 321 Å². The maximum absolute atomic E-state index is 12.5. The molecule has 0 bridgehead atoms. The lowest BCUT2D eigenvalue weighted by Gasteiger charge is -2.22. The second-order valence-electron chi connectivity index (χ2n) is 20.0. The number of amides is 1. The molecule has 3 N–H and O–H groups in total. The van der Waals surface area contributed by atoms with Crippen molar-refractivity contribution in [2.75, 3.05) is 13.2 Å². The average Bonchev–Trinajstić information content (AvgIpc) is 3.32. The van der Waals surface area contributed by atoms with Crippen molar-refractivity contribution in [3.05, 3.63) is 36.5 Å². The zero-order valence-corrected chi connectivity index (χ0v) is 44.2. The first kappa shape index (κ1) is 64.1. The van der Waals surface area contributed by atoms with Crippen LogP contribution in [0.1, 0.15) is 309 Å². The van der Waals surface area contributed by atoms with E-state index in [9.17, 15) is 19.8 Å². The monoisotopic (exact) mass is 928 g/mol. The summed E-state index contributed by atoms with van der Waals surface area (Å²) >= 11 is 0. The van der Waals surface area contributed by atoms with Crippen molar-refractivity contribution in [2.24, 2.45) is 0 Å². The summed E-state index contributed by atoms with van der Waals surface area (Å²) in [6.07, 6.45) is 68.5. The second-order valence-corrected chi connectivity index (χ2v) is 20.0. The molecule has 0 aliphatic carbocycles. The van der Waals surface area contributed by atoms with Crippen molar-refractivity contribution < 1.29 is 24.5 Å². The first-order valence-corrected chi connectivity index (χ1v) is 29.2. The molecule has 388 valence electrons. The summed E-state index contributed by atoms with van der Waals surface area (Å²) in [6.45, 7) is 4.92. The van der Waals surface area contributed by atoms with Gasteiger partial charge < -0.3 is 20.3 Å². The van der Waals surface area contributed by atoms with Crippen molar-refractivity contribution in [3.8, 4) is 0 Å². The molecule has 1 amide bonds. The number of carbonyl (C=O) groups excluding carboxylic acids is 2. The van der Waals surface area contributed by atoms with Gasteiger partial charge in [0.25, 0.3) is 0 Å². The Morgan fingerprint density at radius 2 is 0.758 bits per heavy atom. The van der Waals surface area contributed by atoms with Gasteiger partial charge in [-0.15, -0.1) is 0 Å². The molecule has 0 aromatic carbocycles. The van der Waals surface area contributed by atoms with Gasteiger partial charge >= 0.3 is 5.97 Å². The van der Waals surface area contributed by atoms with Gasteiger partial charge in [0, 0.05) is 12.8 Å². The minimum absolute atomic E-state index is 0.00961. The molecule has 6 heteroatoms. The number of carbonyl (C=O) groups is 2. The van der Waals surface area contributed by atoms with Crippen LogP contribution in [0, 0.1) is 0 Å². The van der Waals surface area contributed by atoms with Gasteiger partial charge in [0.1, 0.15) is 0 Å². The lowest BCUT2D eigenvalue weighted by molar-refractivity contribution is -0.143. The molecule has 6 nitrogen and oxygen atoms in total. The summed E-state index contributed by atoms with van der Waals surface area (Å²) in [5, 5.41) is 23.2. The van der Waals surface area contributed by atoms with Crippen molar-refractivity contribution >= 4 is 11.9 Å². The highest BCUT2D eigenvalue weighted by atomic mass is 16.5. The number of hydrogen-bond donors (Lipinski definition) is 3. The molecule has 2 unspecified atom stereocenters. The molecular weight excluding hydrogens is 815 g/mol. The van der Waals surface area contributed by atoms with Crippen molar-refractivity contribution in [1.29, 1.82) is 0 Å². The number of aliphatic hydroxyl groups is 2. The zero-order chi connectivity index (χ0) is 47.9. The third-order valence-electron chi connectivity index (χ3n) is 13.4. The third-order valence-corrected chi connectivity index (χ3v) is 13.4. The molecule has 0 aliphatic rings. The van der Waals surface area contributed by atoms with E-state index in [0.717, 1.165) is 57.8 Å². The van der Waals surface area contributed by atoms with Gasteiger partial charge in [-0.2, -0.15) is 0 Å². The average molecular weight is 929 g/mol. The largest absolute Gasteiger partial charge is 0.466 e. The lowest BCUT2D eigenvalue weighted by Crippen LogP contribution is -2.45. The summed E-state index contributed by atoms with van der Waals surface area (Å²) in [4.78, 5) is 24.5. The quantitative estimate of drug-likeness (QED) is 0.0321. The first-order chi connectivity index (χ1) is 32.5. The maximum atomic E-state index is 12.5. The fourth-order valence-electron chi connectivity index (χ4n) is 8.90. The van der Waals surface area contributed by atoms with Crippen LogP contribution in [0.2, 0.25) is 0 Å². The number of unbranched alkanes of at least 4 members (excludes halogenated alkanes) is 37. The Bertz CT molecular complexity index is 1070. The van der Waals surface area contributed by atoms with Crippen LogP contribution in [0.3, 0.4) is 0 Å². The molecular formula is C60H113NO5. The van der Waals surface area contributed by atoms with Crippen molar-refractivity contribution in [3.63, 3.8) is 0 Å². The van der Waals surface area contributed by atoms with Gasteiger partial charge in [-0.25, -0.2) is 0 Å². The Morgan fingerprint density at radius 1 is 0.424 bits per heavy atom. The standard InChI is InChI=1S/C60H113NO5/c1-3-5-7-9-11-13-15-17-19-26-30-34-38-42-46-50-54-60(65)66-55-51-47-43-39-35-31-27-24-22-20-21-23-25-29-33-37-41-45-49-53-59(64)61-57(56-62)58(63)52-48-44-40-36-32-28-18-16-14-12-10-8-6-4-2/h13,15,19-21,26,57-58,62-63H,3-12,14,16-18,22-25,27-56H2,1-2H3,(H,61,64)/b15-13-,21-20-,26-19-. The topological polar surface area (TPSA) is 95.9 Å². The van der Waals surface area contributed by atoms with E-state index in [2.05, 4.69) is 55.6 Å². The van der Waals surface area contributed by atoms with E-state index >= 15 is 0 Å².